The van der Waals surface area contributed by atoms with E-state index < -0.39 is 124 Å². The van der Waals surface area contributed by atoms with E-state index in [0.717, 1.165) is 57.8 Å². The minimum atomic E-state index is -1.97. The van der Waals surface area contributed by atoms with Gasteiger partial charge in [-0.05, 0) is 19.3 Å². The molecule has 0 aromatic heterocycles. The van der Waals surface area contributed by atoms with Crippen LogP contribution < -0.4 is 5.32 Å². The molecule has 0 bridgehead atoms. The van der Waals surface area contributed by atoms with Crippen LogP contribution in [0.1, 0.15) is 251 Å². The number of aliphatic hydroxyl groups is 11. The minimum Gasteiger partial charge on any atom is -0.394 e. The molecule has 0 radical (unpaired) electrons. The number of hydrogen-bond acceptors (Lipinski definition) is 18. The Morgan fingerprint density at radius 3 is 1.15 bits per heavy atom. The van der Waals surface area contributed by atoms with Crippen molar-refractivity contribution < 1.29 is 89.4 Å². The van der Waals surface area contributed by atoms with Gasteiger partial charge in [-0.25, -0.2) is 0 Å². The molecule has 0 spiro atoms. The van der Waals surface area contributed by atoms with Crippen LogP contribution in [0, 0.1) is 0 Å². The van der Waals surface area contributed by atoms with Crippen molar-refractivity contribution in [2.24, 2.45) is 0 Å². The summed E-state index contributed by atoms with van der Waals surface area (Å²) in [6.07, 6.45) is 22.6. The third-order valence-electron chi connectivity index (χ3n) is 16.8. The summed E-state index contributed by atoms with van der Waals surface area (Å²) >= 11 is 0. The molecule has 0 aliphatic carbocycles. The van der Waals surface area contributed by atoms with Crippen molar-refractivity contribution >= 4 is 5.91 Å². The fraction of sp³-hybridized carbons (Fsp3) is 0.952. The van der Waals surface area contributed by atoms with Crippen molar-refractivity contribution in [1.82, 2.24) is 5.32 Å². The molecule has 82 heavy (non-hydrogen) atoms. The van der Waals surface area contributed by atoms with Gasteiger partial charge >= 0.3 is 0 Å². The normalized spacial score (nSPS) is 29.6. The summed E-state index contributed by atoms with van der Waals surface area (Å²) in [5.74, 6) is -0.280. The number of ether oxygens (including phenoxy) is 6. The lowest BCUT2D eigenvalue weighted by Gasteiger charge is -2.48. The average Bonchev–Trinajstić information content (AvgIpc) is 3.59. The van der Waals surface area contributed by atoms with Gasteiger partial charge in [0.2, 0.25) is 5.91 Å². The van der Waals surface area contributed by atoms with Crippen molar-refractivity contribution in [2.75, 3.05) is 26.4 Å². The van der Waals surface area contributed by atoms with Crippen LogP contribution in [-0.4, -0.2) is 193 Å². The van der Waals surface area contributed by atoms with Crippen molar-refractivity contribution in [1.29, 1.82) is 0 Å². The smallest absolute Gasteiger partial charge is 0.220 e. The zero-order chi connectivity index (χ0) is 59.7. The summed E-state index contributed by atoms with van der Waals surface area (Å²) in [6.45, 7) is 1.68. The monoisotopic (exact) mass is 1180 g/mol. The Balaban J connectivity index is 1.35. The second-order valence-corrected chi connectivity index (χ2v) is 23.9. The molecule has 3 aliphatic heterocycles. The molecule has 0 aromatic carbocycles. The molecule has 484 valence electrons. The highest BCUT2D eigenvalue weighted by Gasteiger charge is 2.53. The van der Waals surface area contributed by atoms with Crippen LogP contribution >= 0.6 is 0 Å². The van der Waals surface area contributed by atoms with E-state index in [1.54, 1.807) is 6.08 Å². The van der Waals surface area contributed by atoms with Gasteiger partial charge < -0.3 is 89.9 Å². The Morgan fingerprint density at radius 1 is 0.427 bits per heavy atom. The number of carbonyl (C=O) groups excluding carboxylic acids is 1. The quantitative estimate of drug-likeness (QED) is 0.0210. The van der Waals surface area contributed by atoms with Gasteiger partial charge in [-0.3, -0.25) is 4.79 Å². The van der Waals surface area contributed by atoms with Gasteiger partial charge in [-0.2, -0.15) is 0 Å². The average molecular weight is 1180 g/mol. The number of hydrogen-bond donors (Lipinski definition) is 12. The fourth-order valence-electron chi connectivity index (χ4n) is 11.4. The molecule has 3 rings (SSSR count). The topological polar surface area (TPSA) is 307 Å². The molecule has 3 saturated heterocycles. The van der Waals surface area contributed by atoms with Crippen molar-refractivity contribution in [3.63, 3.8) is 0 Å². The fourth-order valence-corrected chi connectivity index (χ4v) is 11.4. The van der Waals surface area contributed by atoms with Gasteiger partial charge in [0.15, 0.2) is 18.9 Å². The van der Waals surface area contributed by atoms with Crippen LogP contribution in [0.15, 0.2) is 12.2 Å². The first-order valence-electron chi connectivity index (χ1n) is 32.9. The largest absolute Gasteiger partial charge is 0.394 e. The van der Waals surface area contributed by atoms with E-state index in [0.29, 0.717) is 6.42 Å². The molecule has 17 unspecified atom stereocenters. The summed E-state index contributed by atoms with van der Waals surface area (Å²) in [5, 5.41) is 120. The van der Waals surface area contributed by atoms with E-state index in [2.05, 4.69) is 19.2 Å². The standard InChI is InChI=1S/C63H119NO18/c1-3-5-7-9-11-12-13-14-15-16-17-18-19-20-21-22-23-24-25-26-27-28-29-30-31-32-33-35-36-38-40-47(68)46(64-51(69)41-39-37-34-10-8-6-4-2)45-77-61-57(75)54(72)59(49(43-66)79-61)82-63-58(76)55(73)60(50(44-67)80-63)81-62-56(74)53(71)52(70)48(42-65)78-62/h38,40,46-50,52-63,65-68,70-76H,3-37,39,41-45H2,1-2H3,(H,64,69)/b40-38+. The summed E-state index contributed by atoms with van der Waals surface area (Å²) in [5.41, 5.74) is 0. The molecule has 12 N–H and O–H groups in total. The molecule has 3 heterocycles. The van der Waals surface area contributed by atoms with E-state index in [4.69, 9.17) is 28.4 Å². The van der Waals surface area contributed by atoms with E-state index in [9.17, 15) is 61.0 Å². The van der Waals surface area contributed by atoms with E-state index in [1.165, 1.54) is 167 Å². The lowest BCUT2D eigenvalue weighted by Crippen LogP contribution is -2.66. The summed E-state index contributed by atoms with van der Waals surface area (Å²) in [7, 11) is 0. The second-order valence-electron chi connectivity index (χ2n) is 23.9. The molecular formula is C63H119NO18. The number of amides is 1. The van der Waals surface area contributed by atoms with Crippen molar-refractivity contribution in [3.05, 3.63) is 12.2 Å². The molecule has 17 atom stereocenters. The van der Waals surface area contributed by atoms with Gasteiger partial charge in [0.25, 0.3) is 0 Å². The molecule has 1 amide bonds. The van der Waals surface area contributed by atoms with E-state index in [1.807, 2.05) is 6.08 Å². The maximum atomic E-state index is 13.2. The highest BCUT2D eigenvalue weighted by molar-refractivity contribution is 5.76. The number of unbranched alkanes of at least 4 members (excludes halogenated alkanes) is 34. The van der Waals surface area contributed by atoms with Gasteiger partial charge in [0.1, 0.15) is 73.2 Å². The Kier molecular flexibility index (Phi) is 42.5. The first-order valence-corrected chi connectivity index (χ1v) is 32.9. The SMILES string of the molecule is CCCCCCCCCCCCCCCCCCCCCCCCCCCCCC/C=C/C(O)C(COC1OC(CO)C(OC2OC(CO)C(OC3OC(CO)C(O)C(O)C3O)C(O)C2O)C(O)C1O)NC(=O)CCCCCCCCC. The zero-order valence-electron chi connectivity index (χ0n) is 50.7. The second kappa shape index (κ2) is 46.7. The highest BCUT2D eigenvalue weighted by atomic mass is 16.8. The maximum absolute atomic E-state index is 13.2. The van der Waals surface area contributed by atoms with Gasteiger partial charge in [0, 0.05) is 6.42 Å². The summed E-state index contributed by atoms with van der Waals surface area (Å²) in [6, 6.07) is -0.965. The number of rotatable bonds is 50. The van der Waals surface area contributed by atoms with Crippen molar-refractivity contribution in [2.45, 2.75) is 356 Å². The first kappa shape index (κ1) is 74.8. The molecular weight excluding hydrogens is 1060 g/mol. The number of aliphatic hydroxyl groups excluding tert-OH is 11. The van der Waals surface area contributed by atoms with Crippen LogP contribution in [0.25, 0.3) is 0 Å². The van der Waals surface area contributed by atoms with Gasteiger partial charge in [-0.1, -0.05) is 238 Å². The molecule has 3 aliphatic rings. The lowest BCUT2D eigenvalue weighted by molar-refractivity contribution is -0.379. The zero-order valence-corrected chi connectivity index (χ0v) is 50.7. The Bertz CT molecular complexity index is 1550. The van der Waals surface area contributed by atoms with Crippen LogP contribution in [-0.2, 0) is 33.2 Å². The van der Waals surface area contributed by atoms with Gasteiger partial charge in [-0.15, -0.1) is 0 Å². The molecule has 0 saturated carbocycles. The summed E-state index contributed by atoms with van der Waals surface area (Å²) in [4.78, 5) is 13.2. The molecule has 19 nitrogen and oxygen atoms in total. The Labute approximate surface area is 493 Å². The predicted octanol–water partition coefficient (Wildman–Crippen LogP) is 7.33. The first-order chi connectivity index (χ1) is 39.8. The van der Waals surface area contributed by atoms with Crippen LogP contribution in [0.3, 0.4) is 0 Å². The Hall–Kier alpha value is -1.47. The number of nitrogens with one attached hydrogen (secondary N) is 1. The third kappa shape index (κ3) is 29.5. The van der Waals surface area contributed by atoms with E-state index >= 15 is 0 Å². The Morgan fingerprint density at radius 2 is 0.756 bits per heavy atom. The number of carbonyl (C=O) groups is 1. The predicted molar refractivity (Wildman–Crippen MR) is 314 cm³/mol. The third-order valence-corrected chi connectivity index (χ3v) is 16.8. The summed E-state index contributed by atoms with van der Waals surface area (Å²) < 4.78 is 34.2. The lowest BCUT2D eigenvalue weighted by atomic mass is 9.96. The molecule has 19 heteroatoms. The van der Waals surface area contributed by atoms with Crippen LogP contribution in [0.2, 0.25) is 0 Å². The van der Waals surface area contributed by atoms with Gasteiger partial charge in [0.05, 0.1) is 38.6 Å². The maximum Gasteiger partial charge on any atom is 0.220 e. The highest BCUT2D eigenvalue weighted by Crippen LogP contribution is 2.33. The molecule has 3 fully saturated rings. The van der Waals surface area contributed by atoms with Crippen molar-refractivity contribution in [3.8, 4) is 0 Å². The molecule has 0 aromatic rings. The van der Waals surface area contributed by atoms with Crippen LogP contribution in [0.4, 0.5) is 0 Å². The van der Waals surface area contributed by atoms with Crippen LogP contribution in [0.5, 0.6) is 0 Å². The number of allylic oxidation sites excluding steroid dienone is 1. The van der Waals surface area contributed by atoms with E-state index in [-0.39, 0.29) is 18.9 Å². The minimum absolute atomic E-state index is 0.245.